The van der Waals surface area contributed by atoms with E-state index in [1.54, 1.807) is 42.5 Å². The van der Waals surface area contributed by atoms with Crippen LogP contribution in [0.15, 0.2) is 66.2 Å². The zero-order valence-corrected chi connectivity index (χ0v) is 13.2. The molecule has 3 rings (SSSR count). The Bertz CT molecular complexity index is 861. The molecule has 3 aromatic rings. The molecule has 0 aliphatic rings. The van der Waals surface area contributed by atoms with E-state index in [0.29, 0.717) is 15.3 Å². The molecule has 2 aromatic heterocycles. The van der Waals surface area contributed by atoms with Crippen LogP contribution in [0.3, 0.4) is 0 Å². The van der Waals surface area contributed by atoms with Crippen LogP contribution >= 0.6 is 11.3 Å². The van der Waals surface area contributed by atoms with Crippen molar-refractivity contribution < 1.29 is 19.1 Å². The van der Waals surface area contributed by atoms with Gasteiger partial charge < -0.3 is 15.3 Å². The largest absolute Gasteiger partial charge is 0.618 e. The number of aromatic nitrogens is 1. The number of pyridine rings is 1. The normalized spacial score (nSPS) is 10.2. The number of nitrogens with one attached hydrogen (secondary N) is 1. The number of rotatable bonds is 4. The highest BCUT2D eigenvalue weighted by molar-refractivity contribution is 7.12. The highest BCUT2D eigenvalue weighted by Gasteiger charge is 2.17. The van der Waals surface area contributed by atoms with Gasteiger partial charge in [0.2, 0.25) is 0 Å². The summed E-state index contributed by atoms with van der Waals surface area (Å²) in [4.78, 5) is 24.5. The van der Waals surface area contributed by atoms with E-state index in [1.807, 2.05) is 5.38 Å². The number of esters is 1. The second kappa shape index (κ2) is 6.93. The lowest BCUT2D eigenvalue weighted by Gasteiger charge is -2.07. The maximum Gasteiger partial charge on any atom is 0.410 e. The fourth-order valence-electron chi connectivity index (χ4n) is 1.95. The molecule has 0 radical (unpaired) electrons. The summed E-state index contributed by atoms with van der Waals surface area (Å²) in [6.45, 7) is 0. The second-order valence-electron chi connectivity index (χ2n) is 4.76. The van der Waals surface area contributed by atoms with Crippen LogP contribution in [0.25, 0.3) is 0 Å². The lowest BCUT2D eigenvalue weighted by Crippen LogP contribution is -2.35. The van der Waals surface area contributed by atoms with E-state index in [0.717, 1.165) is 0 Å². The van der Waals surface area contributed by atoms with E-state index in [2.05, 4.69) is 5.32 Å². The van der Waals surface area contributed by atoms with Gasteiger partial charge in [-0.05, 0) is 41.8 Å². The van der Waals surface area contributed by atoms with Crippen molar-refractivity contribution in [3.8, 4) is 5.75 Å². The summed E-state index contributed by atoms with van der Waals surface area (Å²) < 4.78 is 5.59. The number of anilines is 1. The predicted octanol–water partition coefficient (Wildman–Crippen LogP) is 2.85. The first-order valence-electron chi connectivity index (χ1n) is 6.99. The molecule has 6 nitrogen and oxygen atoms in total. The number of hydrogen-bond acceptors (Lipinski definition) is 5. The van der Waals surface area contributed by atoms with Gasteiger partial charge in [-0.1, -0.05) is 6.07 Å². The third-order valence-corrected chi connectivity index (χ3v) is 3.97. The van der Waals surface area contributed by atoms with Crippen molar-refractivity contribution in [2.24, 2.45) is 0 Å². The number of benzene rings is 1. The Morgan fingerprint density at radius 1 is 1.04 bits per heavy atom. The zero-order valence-electron chi connectivity index (χ0n) is 12.3. The molecule has 24 heavy (non-hydrogen) atoms. The molecule has 2 heterocycles. The Morgan fingerprint density at radius 3 is 2.50 bits per heavy atom. The van der Waals surface area contributed by atoms with E-state index >= 15 is 0 Å². The third-order valence-electron chi connectivity index (χ3n) is 3.10. The fraction of sp³-hybridized carbons (Fsp3) is 0. The first-order valence-corrected chi connectivity index (χ1v) is 7.87. The summed E-state index contributed by atoms with van der Waals surface area (Å²) in [5.41, 5.74) is 0.472. The second-order valence-corrected chi connectivity index (χ2v) is 5.70. The van der Waals surface area contributed by atoms with Crippen molar-refractivity contribution in [3.05, 3.63) is 82.0 Å². The summed E-state index contributed by atoms with van der Waals surface area (Å²) >= 11 is 1.35. The molecule has 0 atom stereocenters. The van der Waals surface area contributed by atoms with Crippen LogP contribution in [0.1, 0.15) is 20.2 Å². The number of thiophene rings is 1. The molecule has 1 aromatic carbocycles. The van der Waals surface area contributed by atoms with Crippen molar-refractivity contribution >= 4 is 28.9 Å². The SMILES string of the molecule is O=C(Nc1ccc(OC(=O)c2cccc[n+]2[O-])cc1)c1cccs1. The van der Waals surface area contributed by atoms with Gasteiger partial charge in [-0.2, -0.15) is 4.73 Å². The van der Waals surface area contributed by atoms with Gasteiger partial charge >= 0.3 is 11.7 Å². The van der Waals surface area contributed by atoms with Gasteiger partial charge in [-0.25, -0.2) is 4.79 Å². The summed E-state index contributed by atoms with van der Waals surface area (Å²) in [6, 6.07) is 14.3. The number of carbonyl (C=O) groups excluding carboxylic acids is 2. The highest BCUT2D eigenvalue weighted by atomic mass is 32.1. The Kier molecular flexibility index (Phi) is 4.53. The molecule has 1 N–H and O–H groups in total. The van der Waals surface area contributed by atoms with E-state index in [9.17, 15) is 14.8 Å². The molecule has 1 amide bonds. The monoisotopic (exact) mass is 340 g/mol. The van der Waals surface area contributed by atoms with Crippen molar-refractivity contribution in [2.75, 3.05) is 5.32 Å². The van der Waals surface area contributed by atoms with E-state index in [-0.39, 0.29) is 17.4 Å². The molecule has 0 fully saturated rings. The number of carbonyl (C=O) groups is 2. The third kappa shape index (κ3) is 3.58. The summed E-state index contributed by atoms with van der Waals surface area (Å²) in [5, 5.41) is 16.1. The van der Waals surface area contributed by atoms with Crippen LogP contribution in [0, 0.1) is 5.21 Å². The molecule has 0 bridgehead atoms. The molecule has 0 aliphatic carbocycles. The van der Waals surface area contributed by atoms with Crippen LogP contribution in [0.4, 0.5) is 5.69 Å². The summed E-state index contributed by atoms with van der Waals surface area (Å²) in [5.74, 6) is -0.676. The van der Waals surface area contributed by atoms with Crippen molar-refractivity contribution in [3.63, 3.8) is 0 Å². The van der Waals surface area contributed by atoms with Gasteiger partial charge in [0.1, 0.15) is 5.75 Å². The lowest BCUT2D eigenvalue weighted by molar-refractivity contribution is -0.608. The molecule has 7 heteroatoms. The van der Waals surface area contributed by atoms with Gasteiger partial charge in [0.25, 0.3) is 5.91 Å². The van der Waals surface area contributed by atoms with E-state index < -0.39 is 5.97 Å². The number of ether oxygens (including phenoxy) is 1. The molecule has 120 valence electrons. The first kappa shape index (κ1) is 15.7. The average molecular weight is 340 g/mol. The Labute approximate surface area is 141 Å². The molecule has 0 aliphatic heterocycles. The molecule has 0 unspecified atom stereocenters. The Balaban J connectivity index is 1.65. The van der Waals surface area contributed by atoms with Crippen molar-refractivity contribution in [1.29, 1.82) is 0 Å². The van der Waals surface area contributed by atoms with Crippen LogP contribution in [0.5, 0.6) is 5.75 Å². The van der Waals surface area contributed by atoms with Crippen molar-refractivity contribution in [1.82, 2.24) is 0 Å². The molecule has 0 saturated carbocycles. The van der Waals surface area contributed by atoms with E-state index in [1.165, 1.54) is 29.7 Å². The minimum absolute atomic E-state index is 0.104. The quantitative estimate of drug-likeness (QED) is 0.343. The van der Waals surface area contributed by atoms with Gasteiger partial charge in [0, 0.05) is 17.8 Å². The zero-order chi connectivity index (χ0) is 16.9. The van der Waals surface area contributed by atoms with Crippen LogP contribution in [-0.2, 0) is 0 Å². The van der Waals surface area contributed by atoms with E-state index in [4.69, 9.17) is 4.74 Å². The van der Waals surface area contributed by atoms with Gasteiger partial charge in [0.15, 0.2) is 6.20 Å². The highest BCUT2D eigenvalue weighted by Crippen LogP contribution is 2.18. The smallest absolute Gasteiger partial charge is 0.410 e. The topological polar surface area (TPSA) is 82.3 Å². The minimum Gasteiger partial charge on any atom is -0.618 e. The van der Waals surface area contributed by atoms with Crippen LogP contribution < -0.4 is 14.8 Å². The number of nitrogens with zero attached hydrogens (tertiary/aromatic N) is 1. The summed E-state index contributed by atoms with van der Waals surface area (Å²) in [6.07, 6.45) is 1.22. The summed E-state index contributed by atoms with van der Waals surface area (Å²) in [7, 11) is 0. The Hall–Kier alpha value is -3.19. The number of amides is 1. The molecular weight excluding hydrogens is 328 g/mol. The minimum atomic E-state index is -0.749. The van der Waals surface area contributed by atoms with Crippen LogP contribution in [-0.4, -0.2) is 11.9 Å². The predicted molar refractivity (Wildman–Crippen MR) is 89.1 cm³/mol. The average Bonchev–Trinajstić information content (AvgIpc) is 3.11. The van der Waals surface area contributed by atoms with Crippen LogP contribution in [0.2, 0.25) is 0 Å². The van der Waals surface area contributed by atoms with Gasteiger partial charge in [-0.15, -0.1) is 11.3 Å². The van der Waals surface area contributed by atoms with Gasteiger partial charge in [0.05, 0.1) is 4.88 Å². The molecule has 0 saturated heterocycles. The maximum absolute atomic E-state index is 11.9. The number of hydrogen-bond donors (Lipinski definition) is 1. The molecular formula is C17H12N2O4S. The lowest BCUT2D eigenvalue weighted by atomic mass is 10.3. The molecule has 0 spiro atoms. The Morgan fingerprint density at radius 2 is 1.83 bits per heavy atom. The van der Waals surface area contributed by atoms with Crippen molar-refractivity contribution in [2.45, 2.75) is 0 Å². The van der Waals surface area contributed by atoms with Gasteiger partial charge in [-0.3, -0.25) is 4.79 Å². The standard InChI is InChI=1S/C17H12N2O4S/c20-16(15-5-3-11-24-15)18-12-6-8-13(9-7-12)23-17(21)14-4-1-2-10-19(14)22/h1-11H,(H,18,20). The maximum atomic E-state index is 11.9. The first-order chi connectivity index (χ1) is 11.6. The fourth-order valence-corrected chi connectivity index (χ4v) is 2.57.